The Morgan fingerprint density at radius 3 is 2.90 bits per heavy atom. The number of benzene rings is 1. The lowest BCUT2D eigenvalue weighted by Crippen LogP contribution is -2.37. The molecule has 1 aromatic carbocycles. The van der Waals surface area contributed by atoms with Crippen molar-refractivity contribution < 1.29 is 9.47 Å². The second kappa shape index (κ2) is 9.41. The van der Waals surface area contributed by atoms with Gasteiger partial charge in [0, 0.05) is 25.2 Å². The predicted molar refractivity (Wildman–Crippen MR) is 84.4 cm³/mol. The maximum absolute atomic E-state index is 5.54. The second-order valence-electron chi connectivity index (χ2n) is 5.08. The monoisotopic (exact) mass is 288 g/mol. The molecule has 0 atom stereocenters. The molecule has 0 radical (unpaired) electrons. The van der Waals surface area contributed by atoms with Gasteiger partial charge in [-0.3, -0.25) is 4.90 Å². The number of morpholine rings is 1. The van der Waals surface area contributed by atoms with E-state index in [0.717, 1.165) is 63.7 Å². The van der Waals surface area contributed by atoms with E-state index in [1.165, 1.54) is 0 Å². The minimum atomic E-state index is 0.314. The summed E-state index contributed by atoms with van der Waals surface area (Å²) < 4.78 is 10.9. The van der Waals surface area contributed by atoms with Crippen molar-refractivity contribution in [2.24, 2.45) is 0 Å². The lowest BCUT2D eigenvalue weighted by Gasteiger charge is -2.26. The van der Waals surface area contributed by atoms with E-state index >= 15 is 0 Å². The van der Waals surface area contributed by atoms with Gasteiger partial charge in [-0.2, -0.15) is 0 Å². The predicted octanol–water partition coefficient (Wildman–Crippen LogP) is 1.51. The molecule has 4 nitrogen and oxygen atoms in total. The Bertz CT molecular complexity index is 450. The van der Waals surface area contributed by atoms with E-state index in [-0.39, 0.29) is 0 Å². The number of para-hydroxylation sites is 1. The zero-order valence-electron chi connectivity index (χ0n) is 12.5. The first-order chi connectivity index (χ1) is 10.4. The molecule has 1 aliphatic heterocycles. The van der Waals surface area contributed by atoms with E-state index < -0.39 is 0 Å². The summed E-state index contributed by atoms with van der Waals surface area (Å²) in [6.07, 6.45) is 6.38. The van der Waals surface area contributed by atoms with E-state index in [2.05, 4.69) is 22.2 Å². The first-order valence-corrected chi connectivity index (χ1v) is 7.55. The molecule has 114 valence electrons. The fraction of sp³-hybridized carbons (Fsp3) is 0.529. The molecule has 0 saturated carbocycles. The molecule has 0 spiro atoms. The standard InChI is InChI=1S/C17H24N2O2/c1-2-12-21-17-7-4-3-6-16(17)15-18-8-5-9-19-10-13-20-14-11-19/h1,3-4,6-7,18H,5,8-15H2. The molecule has 0 aromatic heterocycles. The normalized spacial score (nSPS) is 15.6. The summed E-state index contributed by atoms with van der Waals surface area (Å²) in [7, 11) is 0. The van der Waals surface area contributed by atoms with Crippen LogP contribution in [0.25, 0.3) is 0 Å². The number of nitrogens with one attached hydrogen (secondary N) is 1. The van der Waals surface area contributed by atoms with Crippen molar-refractivity contribution in [1.29, 1.82) is 0 Å². The minimum absolute atomic E-state index is 0.314. The molecule has 1 heterocycles. The molecule has 1 fully saturated rings. The van der Waals surface area contributed by atoms with Crippen LogP contribution in [-0.2, 0) is 11.3 Å². The molecular formula is C17H24N2O2. The Balaban J connectivity index is 1.65. The fourth-order valence-electron chi connectivity index (χ4n) is 2.39. The second-order valence-corrected chi connectivity index (χ2v) is 5.08. The van der Waals surface area contributed by atoms with Gasteiger partial charge in [0.15, 0.2) is 0 Å². The molecule has 0 aliphatic carbocycles. The summed E-state index contributed by atoms with van der Waals surface area (Å²) in [5.74, 6) is 3.37. The number of ether oxygens (including phenoxy) is 2. The van der Waals surface area contributed by atoms with Crippen LogP contribution in [0.1, 0.15) is 12.0 Å². The van der Waals surface area contributed by atoms with Crippen LogP contribution in [0.4, 0.5) is 0 Å². The van der Waals surface area contributed by atoms with Crippen LogP contribution in [0, 0.1) is 12.3 Å². The van der Waals surface area contributed by atoms with Gasteiger partial charge in [-0.25, -0.2) is 0 Å². The van der Waals surface area contributed by atoms with E-state index in [4.69, 9.17) is 15.9 Å². The maximum Gasteiger partial charge on any atom is 0.148 e. The molecule has 2 rings (SSSR count). The summed E-state index contributed by atoms with van der Waals surface area (Å²) in [5.41, 5.74) is 1.15. The fourth-order valence-corrected chi connectivity index (χ4v) is 2.39. The van der Waals surface area contributed by atoms with Crippen molar-refractivity contribution in [3.8, 4) is 18.1 Å². The first kappa shape index (κ1) is 15.8. The molecule has 0 amide bonds. The van der Waals surface area contributed by atoms with Crippen LogP contribution in [0.5, 0.6) is 5.75 Å². The molecule has 4 heteroatoms. The third-order valence-electron chi connectivity index (χ3n) is 3.53. The van der Waals surface area contributed by atoms with Crippen LogP contribution in [0.15, 0.2) is 24.3 Å². The van der Waals surface area contributed by atoms with Gasteiger partial charge in [0.05, 0.1) is 13.2 Å². The third-order valence-corrected chi connectivity index (χ3v) is 3.53. The lowest BCUT2D eigenvalue weighted by molar-refractivity contribution is 0.0374. The molecule has 0 bridgehead atoms. The van der Waals surface area contributed by atoms with E-state index in [1.807, 2.05) is 18.2 Å². The van der Waals surface area contributed by atoms with Gasteiger partial charge in [0.1, 0.15) is 12.4 Å². The van der Waals surface area contributed by atoms with Crippen molar-refractivity contribution in [2.45, 2.75) is 13.0 Å². The van der Waals surface area contributed by atoms with Gasteiger partial charge >= 0.3 is 0 Å². The Kier molecular flexibility index (Phi) is 7.10. The molecule has 1 saturated heterocycles. The Morgan fingerprint density at radius 2 is 2.10 bits per heavy atom. The van der Waals surface area contributed by atoms with Gasteiger partial charge in [0.25, 0.3) is 0 Å². The zero-order valence-corrected chi connectivity index (χ0v) is 12.5. The Labute approximate surface area is 127 Å². The van der Waals surface area contributed by atoms with Gasteiger partial charge < -0.3 is 14.8 Å². The molecule has 1 aliphatic rings. The summed E-state index contributed by atoms with van der Waals surface area (Å²) in [5, 5.41) is 3.47. The van der Waals surface area contributed by atoms with Crippen molar-refractivity contribution >= 4 is 0 Å². The summed E-state index contributed by atoms with van der Waals surface area (Å²) in [6, 6.07) is 8.02. The zero-order chi connectivity index (χ0) is 14.8. The summed E-state index contributed by atoms with van der Waals surface area (Å²) in [4.78, 5) is 2.45. The van der Waals surface area contributed by atoms with Crippen LogP contribution >= 0.6 is 0 Å². The largest absolute Gasteiger partial charge is 0.481 e. The molecule has 1 N–H and O–H groups in total. The average Bonchev–Trinajstić information content (AvgIpc) is 2.54. The lowest BCUT2D eigenvalue weighted by atomic mass is 10.2. The number of terminal acetylenes is 1. The van der Waals surface area contributed by atoms with Crippen molar-refractivity contribution in [3.63, 3.8) is 0 Å². The first-order valence-electron chi connectivity index (χ1n) is 7.55. The molecule has 1 aromatic rings. The number of nitrogens with zero attached hydrogens (tertiary/aromatic N) is 1. The van der Waals surface area contributed by atoms with E-state index in [0.29, 0.717) is 6.61 Å². The quantitative estimate of drug-likeness (QED) is 0.581. The van der Waals surface area contributed by atoms with Gasteiger partial charge in [0.2, 0.25) is 0 Å². The summed E-state index contributed by atoms with van der Waals surface area (Å²) >= 11 is 0. The maximum atomic E-state index is 5.54. The van der Waals surface area contributed by atoms with Gasteiger partial charge in [-0.15, -0.1) is 6.42 Å². The highest BCUT2D eigenvalue weighted by atomic mass is 16.5. The summed E-state index contributed by atoms with van der Waals surface area (Å²) in [6.45, 7) is 7.11. The molecule has 0 unspecified atom stereocenters. The third kappa shape index (κ3) is 5.76. The molecular weight excluding hydrogens is 264 g/mol. The topological polar surface area (TPSA) is 33.7 Å². The van der Waals surface area contributed by atoms with Crippen molar-refractivity contribution in [2.75, 3.05) is 46.0 Å². The highest BCUT2D eigenvalue weighted by Gasteiger charge is 2.09. The number of rotatable bonds is 8. The van der Waals surface area contributed by atoms with Gasteiger partial charge in [-0.05, 0) is 25.6 Å². The highest BCUT2D eigenvalue weighted by molar-refractivity contribution is 5.33. The SMILES string of the molecule is C#CCOc1ccccc1CNCCCN1CCOCC1. The van der Waals surface area contributed by atoms with Crippen molar-refractivity contribution in [3.05, 3.63) is 29.8 Å². The Morgan fingerprint density at radius 1 is 1.29 bits per heavy atom. The van der Waals surface area contributed by atoms with E-state index in [9.17, 15) is 0 Å². The highest BCUT2D eigenvalue weighted by Crippen LogP contribution is 2.17. The van der Waals surface area contributed by atoms with E-state index in [1.54, 1.807) is 0 Å². The van der Waals surface area contributed by atoms with Crippen LogP contribution in [0.3, 0.4) is 0 Å². The smallest absolute Gasteiger partial charge is 0.148 e. The van der Waals surface area contributed by atoms with Gasteiger partial charge in [-0.1, -0.05) is 24.1 Å². The minimum Gasteiger partial charge on any atom is -0.481 e. The van der Waals surface area contributed by atoms with Crippen LogP contribution in [-0.4, -0.2) is 50.9 Å². The number of hydrogen-bond acceptors (Lipinski definition) is 4. The Hall–Kier alpha value is -1.54. The molecule has 21 heavy (non-hydrogen) atoms. The van der Waals surface area contributed by atoms with Crippen molar-refractivity contribution in [1.82, 2.24) is 10.2 Å². The van der Waals surface area contributed by atoms with Crippen LogP contribution in [0.2, 0.25) is 0 Å². The average molecular weight is 288 g/mol. The van der Waals surface area contributed by atoms with Crippen LogP contribution < -0.4 is 10.1 Å². The number of hydrogen-bond donors (Lipinski definition) is 1.